The predicted molar refractivity (Wildman–Crippen MR) is 144 cm³/mol. The Kier molecular flexibility index (Phi) is 11.8. The minimum atomic E-state index is -0.873. The number of amides is 1. The first-order valence-corrected chi connectivity index (χ1v) is 13.4. The van der Waals surface area contributed by atoms with Crippen molar-refractivity contribution in [1.29, 1.82) is 0 Å². The summed E-state index contributed by atoms with van der Waals surface area (Å²) in [5.41, 5.74) is 1.35. The Balaban J connectivity index is 1.53. The van der Waals surface area contributed by atoms with Crippen LogP contribution in [-0.2, 0) is 4.79 Å². The summed E-state index contributed by atoms with van der Waals surface area (Å²) in [7, 11) is 2.59. The number of likely N-dealkylation sites (tertiary alicyclic amines) is 1. The number of nitrogens with zero attached hydrogens (tertiary/aromatic N) is 1. The molecule has 3 rings (SSSR count). The molecule has 36 heavy (non-hydrogen) atoms. The molecule has 2 N–H and O–H groups in total. The highest BCUT2D eigenvalue weighted by Gasteiger charge is 2.26. The Morgan fingerprint density at radius 3 is 2.36 bits per heavy atom. The first kappa shape index (κ1) is 28.2. The van der Waals surface area contributed by atoms with Gasteiger partial charge in [-0.2, -0.15) is 0 Å². The van der Waals surface area contributed by atoms with E-state index in [0.29, 0.717) is 55.7 Å². The molecule has 1 heterocycles. The SMILES string of the molecule is O=C(CCCC(=O)c1ccc(P)cc1)N[C@H](CN1CCCC1)[C@H](O)c1ccc(OCCCCF)cc1. The zero-order chi connectivity index (χ0) is 25.8. The minimum absolute atomic E-state index is 0.0217. The van der Waals surface area contributed by atoms with Crippen LogP contribution in [0.3, 0.4) is 0 Å². The standard InChI is InChI=1S/C28H38FN2O4P/c29-16-1-4-19-35-23-12-8-22(9-13-23)28(34)25(20-31-17-2-3-18-31)30-27(33)7-5-6-26(32)21-10-14-24(36)15-11-21/h8-15,25,28,34H,1-7,16-20,36H2,(H,30,33)/t25-,28-/m1/s1. The molecule has 1 fully saturated rings. The van der Waals surface area contributed by atoms with E-state index in [1.165, 1.54) is 0 Å². The second-order valence-electron chi connectivity index (χ2n) is 9.34. The molecule has 3 atom stereocenters. The number of halogens is 1. The maximum Gasteiger partial charge on any atom is 0.220 e. The fraction of sp³-hybridized carbons (Fsp3) is 0.500. The Morgan fingerprint density at radius 1 is 1.00 bits per heavy atom. The summed E-state index contributed by atoms with van der Waals surface area (Å²) in [6.45, 7) is 2.57. The fourth-order valence-corrected chi connectivity index (χ4v) is 4.54. The summed E-state index contributed by atoms with van der Waals surface area (Å²) in [4.78, 5) is 27.4. The highest BCUT2D eigenvalue weighted by atomic mass is 31.0. The van der Waals surface area contributed by atoms with Crippen LogP contribution in [0.4, 0.5) is 4.39 Å². The zero-order valence-corrected chi connectivity index (χ0v) is 22.0. The van der Waals surface area contributed by atoms with Crippen LogP contribution in [0.5, 0.6) is 5.75 Å². The lowest BCUT2D eigenvalue weighted by Crippen LogP contribution is -2.46. The van der Waals surface area contributed by atoms with Gasteiger partial charge in [-0.05, 0) is 68.2 Å². The highest BCUT2D eigenvalue weighted by Crippen LogP contribution is 2.23. The van der Waals surface area contributed by atoms with E-state index in [1.807, 2.05) is 12.1 Å². The first-order valence-electron chi connectivity index (χ1n) is 12.8. The van der Waals surface area contributed by atoms with Gasteiger partial charge in [-0.1, -0.05) is 36.4 Å². The number of carbonyl (C=O) groups is 2. The maximum absolute atomic E-state index is 12.7. The van der Waals surface area contributed by atoms with Gasteiger partial charge >= 0.3 is 0 Å². The molecule has 1 amide bonds. The van der Waals surface area contributed by atoms with Crippen LogP contribution in [0, 0.1) is 0 Å². The van der Waals surface area contributed by atoms with Crippen LogP contribution in [-0.4, -0.2) is 60.7 Å². The van der Waals surface area contributed by atoms with Crippen molar-refractivity contribution in [2.45, 2.75) is 57.1 Å². The van der Waals surface area contributed by atoms with Crippen molar-refractivity contribution in [3.63, 3.8) is 0 Å². The molecular formula is C28H38FN2O4P. The molecule has 0 saturated carbocycles. The summed E-state index contributed by atoms with van der Waals surface area (Å²) >= 11 is 0. The Labute approximate surface area is 215 Å². The fourth-order valence-electron chi connectivity index (χ4n) is 4.35. The second-order valence-corrected chi connectivity index (χ2v) is 10.0. The van der Waals surface area contributed by atoms with Crippen molar-refractivity contribution in [1.82, 2.24) is 10.2 Å². The quantitative estimate of drug-likeness (QED) is 0.213. The van der Waals surface area contributed by atoms with E-state index in [1.54, 1.807) is 36.4 Å². The molecule has 2 aromatic rings. The van der Waals surface area contributed by atoms with Gasteiger partial charge in [0, 0.05) is 24.9 Å². The van der Waals surface area contributed by atoms with Crippen LogP contribution < -0.4 is 15.4 Å². The largest absolute Gasteiger partial charge is 0.494 e. The third kappa shape index (κ3) is 9.27. The Morgan fingerprint density at radius 2 is 1.69 bits per heavy atom. The molecule has 1 aliphatic rings. The molecule has 0 aromatic heterocycles. The van der Waals surface area contributed by atoms with Crippen LogP contribution in [0.2, 0.25) is 0 Å². The summed E-state index contributed by atoms with van der Waals surface area (Å²) in [6.07, 6.45) is 3.47. The number of ether oxygens (including phenoxy) is 1. The first-order chi connectivity index (χ1) is 17.5. The molecule has 8 heteroatoms. The van der Waals surface area contributed by atoms with Crippen molar-refractivity contribution in [3.8, 4) is 5.75 Å². The maximum atomic E-state index is 12.7. The third-order valence-electron chi connectivity index (χ3n) is 6.44. The summed E-state index contributed by atoms with van der Waals surface area (Å²) < 4.78 is 17.8. The number of benzene rings is 2. The number of rotatable bonds is 15. The predicted octanol–water partition coefficient (Wildman–Crippen LogP) is 3.98. The number of nitrogens with one attached hydrogen (secondary N) is 1. The number of aliphatic hydroxyl groups excluding tert-OH is 1. The van der Waals surface area contributed by atoms with Gasteiger partial charge in [0.1, 0.15) is 11.9 Å². The van der Waals surface area contributed by atoms with Crippen LogP contribution in [0.1, 0.15) is 67.0 Å². The summed E-state index contributed by atoms with van der Waals surface area (Å²) in [5, 5.41) is 15.2. The molecule has 196 valence electrons. The molecule has 0 radical (unpaired) electrons. The van der Waals surface area contributed by atoms with Crippen LogP contribution >= 0.6 is 9.24 Å². The van der Waals surface area contributed by atoms with Gasteiger partial charge in [-0.15, -0.1) is 9.24 Å². The van der Waals surface area contributed by atoms with Crippen LogP contribution in [0.25, 0.3) is 0 Å². The number of alkyl halides is 1. The molecule has 6 nitrogen and oxygen atoms in total. The van der Waals surface area contributed by atoms with Gasteiger partial charge in [0.2, 0.25) is 5.91 Å². The molecule has 1 aliphatic heterocycles. The van der Waals surface area contributed by atoms with Crippen molar-refractivity contribution < 1.29 is 23.8 Å². The van der Waals surface area contributed by atoms with E-state index in [0.717, 1.165) is 31.2 Å². The summed E-state index contributed by atoms with van der Waals surface area (Å²) in [5.74, 6) is 0.523. The van der Waals surface area contributed by atoms with Crippen molar-refractivity contribution >= 4 is 26.2 Å². The van der Waals surface area contributed by atoms with Crippen LogP contribution in [0.15, 0.2) is 48.5 Å². The molecular weight excluding hydrogens is 478 g/mol. The van der Waals surface area contributed by atoms with E-state index >= 15 is 0 Å². The third-order valence-corrected chi connectivity index (χ3v) is 6.82. The van der Waals surface area contributed by atoms with E-state index in [-0.39, 0.29) is 24.8 Å². The van der Waals surface area contributed by atoms with Gasteiger partial charge in [0.05, 0.1) is 19.3 Å². The van der Waals surface area contributed by atoms with E-state index in [4.69, 9.17) is 4.74 Å². The molecule has 0 spiro atoms. The second kappa shape index (κ2) is 15.0. The molecule has 0 bridgehead atoms. The number of Topliss-reactive ketones (excluding diaryl/α,β-unsaturated/α-hetero) is 1. The minimum Gasteiger partial charge on any atom is -0.494 e. The molecule has 0 aliphatic carbocycles. The number of unbranched alkanes of at least 4 members (excludes halogenated alkanes) is 1. The molecule has 1 saturated heterocycles. The van der Waals surface area contributed by atoms with Crippen molar-refractivity contribution in [2.24, 2.45) is 0 Å². The Bertz CT molecular complexity index is 949. The lowest BCUT2D eigenvalue weighted by molar-refractivity contribution is -0.123. The highest BCUT2D eigenvalue weighted by molar-refractivity contribution is 7.27. The van der Waals surface area contributed by atoms with Gasteiger partial charge in [-0.25, -0.2) is 0 Å². The summed E-state index contributed by atoms with van der Waals surface area (Å²) in [6, 6.07) is 14.1. The Hall–Kier alpha value is -2.34. The van der Waals surface area contributed by atoms with Gasteiger partial charge in [0.15, 0.2) is 5.78 Å². The average Bonchev–Trinajstić information content (AvgIpc) is 3.40. The average molecular weight is 517 g/mol. The molecule has 2 aromatic carbocycles. The van der Waals surface area contributed by atoms with E-state index in [9.17, 15) is 19.1 Å². The molecule has 1 unspecified atom stereocenters. The van der Waals surface area contributed by atoms with Gasteiger partial charge in [0.25, 0.3) is 0 Å². The number of hydrogen-bond acceptors (Lipinski definition) is 5. The smallest absolute Gasteiger partial charge is 0.220 e. The lowest BCUT2D eigenvalue weighted by atomic mass is 10.0. The number of ketones is 1. The number of hydrogen-bond donors (Lipinski definition) is 2. The van der Waals surface area contributed by atoms with Crippen molar-refractivity contribution in [3.05, 3.63) is 59.7 Å². The van der Waals surface area contributed by atoms with E-state index < -0.39 is 12.1 Å². The van der Waals surface area contributed by atoms with Gasteiger partial charge in [-0.3, -0.25) is 14.0 Å². The lowest BCUT2D eigenvalue weighted by Gasteiger charge is -2.29. The monoisotopic (exact) mass is 516 g/mol. The normalized spacial score (nSPS) is 15.4. The van der Waals surface area contributed by atoms with Gasteiger partial charge < -0.3 is 20.1 Å². The zero-order valence-electron chi connectivity index (χ0n) is 20.8. The number of aliphatic hydroxyl groups is 1. The van der Waals surface area contributed by atoms with Crippen molar-refractivity contribution in [2.75, 3.05) is 32.9 Å². The van der Waals surface area contributed by atoms with E-state index in [2.05, 4.69) is 19.5 Å². The topological polar surface area (TPSA) is 78.9 Å². The number of carbonyl (C=O) groups excluding carboxylic acids is 2.